The number of pyridine rings is 1. The van der Waals surface area contributed by atoms with Crippen LogP contribution in [0.5, 0.6) is 5.75 Å². The smallest absolute Gasteiger partial charge is 0.406 e. The fraction of sp³-hybridized carbons (Fsp3) is 0.0435. The third kappa shape index (κ3) is 6.03. The van der Waals surface area contributed by atoms with Gasteiger partial charge in [0, 0.05) is 41.1 Å². The van der Waals surface area contributed by atoms with Crippen LogP contribution in [0.1, 0.15) is 10.4 Å². The van der Waals surface area contributed by atoms with Crippen LogP contribution in [0.4, 0.5) is 30.5 Å². The monoisotopic (exact) mass is 451 g/mol. The van der Waals surface area contributed by atoms with Crippen LogP contribution in [0.2, 0.25) is 0 Å². The van der Waals surface area contributed by atoms with E-state index in [0.717, 1.165) is 23.4 Å². The number of carbonyl (C=O) groups is 1. The second kappa shape index (κ2) is 9.35. The largest absolute Gasteiger partial charge is 0.573 e. The van der Waals surface area contributed by atoms with Gasteiger partial charge in [0.15, 0.2) is 0 Å². The fourth-order valence-corrected chi connectivity index (χ4v) is 2.87. The quantitative estimate of drug-likeness (QED) is 0.406. The van der Waals surface area contributed by atoms with Gasteiger partial charge in [-0.15, -0.1) is 13.2 Å². The Morgan fingerprint density at radius 2 is 1.61 bits per heavy atom. The maximum atomic E-state index is 12.3. The van der Waals surface area contributed by atoms with Crippen LogP contribution in [-0.4, -0.2) is 27.2 Å². The summed E-state index contributed by atoms with van der Waals surface area (Å²) in [6.45, 7) is 0. The average Bonchev–Trinajstić information content (AvgIpc) is 2.80. The highest BCUT2D eigenvalue weighted by molar-refractivity contribution is 6.04. The van der Waals surface area contributed by atoms with Gasteiger partial charge in [0.05, 0.1) is 5.69 Å². The third-order valence-electron chi connectivity index (χ3n) is 4.36. The maximum absolute atomic E-state index is 12.3. The maximum Gasteiger partial charge on any atom is 0.573 e. The van der Waals surface area contributed by atoms with Gasteiger partial charge < -0.3 is 15.4 Å². The van der Waals surface area contributed by atoms with Crippen molar-refractivity contribution in [1.29, 1.82) is 0 Å². The van der Waals surface area contributed by atoms with E-state index in [4.69, 9.17) is 0 Å². The van der Waals surface area contributed by atoms with Crippen LogP contribution in [0, 0.1) is 0 Å². The molecular weight excluding hydrogens is 435 g/mol. The Bertz CT molecular complexity index is 1230. The van der Waals surface area contributed by atoms with E-state index in [1.807, 2.05) is 12.1 Å². The number of nitrogens with one attached hydrogen (secondary N) is 2. The standard InChI is InChI=1S/C23H16F3N5O2/c24-23(25,26)33-19-9-3-15(4-10-19)21(32)29-17-5-7-18(8-6-17)30-22-28-13-11-20(31-22)16-2-1-12-27-14-16/h1-14H,(H,29,32)(H,28,30,31). The molecule has 0 aliphatic rings. The molecule has 2 aromatic carbocycles. The van der Waals surface area contributed by atoms with Crippen LogP contribution >= 0.6 is 0 Å². The summed E-state index contributed by atoms with van der Waals surface area (Å²) in [5, 5.41) is 5.77. The average molecular weight is 451 g/mol. The van der Waals surface area contributed by atoms with E-state index in [1.165, 1.54) is 12.1 Å². The molecule has 0 saturated carbocycles. The van der Waals surface area contributed by atoms with Crippen molar-refractivity contribution in [3.8, 4) is 17.0 Å². The van der Waals surface area contributed by atoms with E-state index >= 15 is 0 Å². The minimum atomic E-state index is -4.79. The highest BCUT2D eigenvalue weighted by Crippen LogP contribution is 2.24. The summed E-state index contributed by atoms with van der Waals surface area (Å²) in [6, 6.07) is 17.0. The highest BCUT2D eigenvalue weighted by Gasteiger charge is 2.31. The molecule has 10 heteroatoms. The molecule has 0 spiro atoms. The van der Waals surface area contributed by atoms with Crippen molar-refractivity contribution < 1.29 is 22.7 Å². The van der Waals surface area contributed by atoms with Gasteiger partial charge in [0.1, 0.15) is 5.75 Å². The molecule has 0 bridgehead atoms. The molecule has 7 nitrogen and oxygen atoms in total. The lowest BCUT2D eigenvalue weighted by Gasteiger charge is -2.10. The first kappa shape index (κ1) is 21.8. The Morgan fingerprint density at radius 3 is 2.27 bits per heavy atom. The number of nitrogens with zero attached hydrogens (tertiary/aromatic N) is 3. The minimum Gasteiger partial charge on any atom is -0.406 e. The molecule has 0 aliphatic carbocycles. The Morgan fingerprint density at radius 1 is 0.879 bits per heavy atom. The molecule has 2 heterocycles. The minimum absolute atomic E-state index is 0.187. The summed E-state index contributed by atoms with van der Waals surface area (Å²) in [6.07, 6.45) is 0.240. The lowest BCUT2D eigenvalue weighted by molar-refractivity contribution is -0.274. The van der Waals surface area contributed by atoms with Crippen molar-refractivity contribution in [3.63, 3.8) is 0 Å². The van der Waals surface area contributed by atoms with E-state index in [1.54, 1.807) is 48.9 Å². The molecule has 0 unspecified atom stereocenters. The number of hydrogen-bond acceptors (Lipinski definition) is 6. The molecule has 2 N–H and O–H groups in total. The number of hydrogen-bond donors (Lipinski definition) is 2. The Balaban J connectivity index is 1.38. The van der Waals surface area contributed by atoms with Gasteiger partial charge in [-0.25, -0.2) is 9.97 Å². The number of rotatable bonds is 6. The van der Waals surface area contributed by atoms with E-state index in [0.29, 0.717) is 17.3 Å². The van der Waals surface area contributed by atoms with Gasteiger partial charge in [-0.1, -0.05) is 0 Å². The molecule has 0 fully saturated rings. The Hall–Kier alpha value is -4.47. The number of carbonyl (C=O) groups excluding carboxylic acids is 1. The lowest BCUT2D eigenvalue weighted by Crippen LogP contribution is -2.17. The van der Waals surface area contributed by atoms with Crippen molar-refractivity contribution in [1.82, 2.24) is 15.0 Å². The third-order valence-corrected chi connectivity index (χ3v) is 4.36. The summed E-state index contributed by atoms with van der Waals surface area (Å²) in [5.74, 6) is -0.472. The molecule has 4 rings (SSSR count). The molecule has 1 amide bonds. The first-order chi connectivity index (χ1) is 15.9. The van der Waals surface area contributed by atoms with E-state index in [2.05, 4.69) is 30.3 Å². The number of amides is 1. The molecule has 0 atom stereocenters. The molecule has 2 aromatic heterocycles. The number of ether oxygens (including phenoxy) is 1. The zero-order chi connectivity index (χ0) is 23.3. The summed E-state index contributed by atoms with van der Waals surface area (Å²) in [4.78, 5) is 25.1. The van der Waals surface area contributed by atoms with Crippen LogP contribution in [0.3, 0.4) is 0 Å². The van der Waals surface area contributed by atoms with Gasteiger partial charge >= 0.3 is 6.36 Å². The van der Waals surface area contributed by atoms with E-state index in [-0.39, 0.29) is 5.56 Å². The van der Waals surface area contributed by atoms with Crippen LogP contribution in [0.25, 0.3) is 11.3 Å². The topological polar surface area (TPSA) is 89.0 Å². The highest BCUT2D eigenvalue weighted by atomic mass is 19.4. The van der Waals surface area contributed by atoms with Crippen LogP contribution in [-0.2, 0) is 0 Å². The predicted molar refractivity (Wildman–Crippen MR) is 116 cm³/mol. The van der Waals surface area contributed by atoms with E-state index < -0.39 is 18.0 Å². The molecule has 33 heavy (non-hydrogen) atoms. The number of anilines is 3. The molecule has 4 aromatic rings. The van der Waals surface area contributed by atoms with Crippen molar-refractivity contribution >= 4 is 23.2 Å². The molecule has 166 valence electrons. The molecule has 0 radical (unpaired) electrons. The summed E-state index contributed by atoms with van der Waals surface area (Å²) in [5.41, 5.74) is 2.97. The fourth-order valence-electron chi connectivity index (χ4n) is 2.87. The molecular formula is C23H16F3N5O2. The van der Waals surface area contributed by atoms with Gasteiger partial charge in [0.2, 0.25) is 5.95 Å². The van der Waals surface area contributed by atoms with Gasteiger partial charge in [-0.3, -0.25) is 9.78 Å². The van der Waals surface area contributed by atoms with Gasteiger partial charge in [-0.2, -0.15) is 0 Å². The first-order valence-electron chi connectivity index (χ1n) is 9.63. The Labute approximate surface area is 186 Å². The van der Waals surface area contributed by atoms with E-state index in [9.17, 15) is 18.0 Å². The molecule has 0 saturated heterocycles. The van der Waals surface area contributed by atoms with Crippen LogP contribution < -0.4 is 15.4 Å². The normalized spacial score (nSPS) is 11.0. The summed E-state index contributed by atoms with van der Waals surface area (Å²) in [7, 11) is 0. The second-order valence-corrected chi connectivity index (χ2v) is 6.74. The number of halogens is 3. The summed E-state index contributed by atoms with van der Waals surface area (Å²) < 4.78 is 40.5. The number of alkyl halides is 3. The SMILES string of the molecule is O=C(Nc1ccc(Nc2nccc(-c3cccnc3)n2)cc1)c1ccc(OC(F)(F)F)cc1. The number of aromatic nitrogens is 3. The Kier molecular flexibility index (Phi) is 6.16. The zero-order valence-corrected chi connectivity index (χ0v) is 16.9. The van der Waals surface area contributed by atoms with Crippen molar-refractivity contribution in [2.24, 2.45) is 0 Å². The molecule has 0 aliphatic heterocycles. The van der Waals surface area contributed by atoms with Crippen LogP contribution in [0.15, 0.2) is 85.3 Å². The predicted octanol–water partition coefficient (Wildman–Crippen LogP) is 5.43. The first-order valence-corrected chi connectivity index (χ1v) is 9.63. The lowest BCUT2D eigenvalue weighted by atomic mass is 10.2. The number of benzene rings is 2. The van der Waals surface area contributed by atoms with Gasteiger partial charge in [-0.05, 0) is 66.7 Å². The summed E-state index contributed by atoms with van der Waals surface area (Å²) >= 11 is 0. The zero-order valence-electron chi connectivity index (χ0n) is 16.9. The van der Waals surface area contributed by atoms with Crippen molar-refractivity contribution in [3.05, 3.63) is 90.9 Å². The van der Waals surface area contributed by atoms with Gasteiger partial charge in [0.25, 0.3) is 5.91 Å². The second-order valence-electron chi connectivity index (χ2n) is 6.74. The van der Waals surface area contributed by atoms with Crippen molar-refractivity contribution in [2.45, 2.75) is 6.36 Å². The van der Waals surface area contributed by atoms with Crippen molar-refractivity contribution in [2.75, 3.05) is 10.6 Å².